The third-order valence-corrected chi connectivity index (χ3v) is 4.23. The molecule has 158 valence electrons. The van der Waals surface area contributed by atoms with E-state index in [1.807, 2.05) is 28.8 Å². The van der Waals surface area contributed by atoms with Gasteiger partial charge >= 0.3 is 0 Å². The molecule has 0 saturated heterocycles. The maximum Gasteiger partial charge on any atom is 0.191 e. The van der Waals surface area contributed by atoms with Gasteiger partial charge in [-0.15, -0.1) is 34.2 Å². The van der Waals surface area contributed by atoms with Crippen LogP contribution in [0.2, 0.25) is 0 Å². The first-order chi connectivity index (χ1) is 13.2. The number of rotatable bonds is 12. The van der Waals surface area contributed by atoms with E-state index < -0.39 is 0 Å². The van der Waals surface area contributed by atoms with Crippen molar-refractivity contribution in [3.63, 3.8) is 0 Å². The molecule has 0 aliphatic rings. The Morgan fingerprint density at radius 3 is 2.86 bits per heavy atom. The minimum Gasteiger partial charge on any atom is -0.385 e. The first-order valence-electron chi connectivity index (χ1n) is 9.73. The van der Waals surface area contributed by atoms with Gasteiger partial charge in [0.05, 0.1) is 0 Å². The number of halogens is 1. The Kier molecular flexibility index (Phi) is 12.8. The molecule has 0 bridgehead atoms. The Hall–Kier alpha value is -1.46. The lowest BCUT2D eigenvalue weighted by Gasteiger charge is -2.18. The van der Waals surface area contributed by atoms with Gasteiger partial charge in [-0.2, -0.15) is 0 Å². The number of pyridine rings is 1. The highest BCUT2D eigenvalue weighted by molar-refractivity contribution is 14.0. The van der Waals surface area contributed by atoms with E-state index in [1.54, 1.807) is 7.11 Å². The summed E-state index contributed by atoms with van der Waals surface area (Å²) < 4.78 is 7.13. The lowest BCUT2D eigenvalue weighted by molar-refractivity contribution is 0.180. The van der Waals surface area contributed by atoms with Gasteiger partial charge in [0.25, 0.3) is 0 Å². The van der Waals surface area contributed by atoms with Crippen LogP contribution < -0.4 is 10.6 Å². The van der Waals surface area contributed by atoms with Crippen LogP contribution in [-0.4, -0.2) is 78.9 Å². The molecule has 2 N–H and O–H groups in total. The van der Waals surface area contributed by atoms with Crippen molar-refractivity contribution in [3.8, 4) is 0 Å². The molecule has 0 aliphatic carbocycles. The molecule has 0 radical (unpaired) electrons. The molecule has 9 heteroatoms. The van der Waals surface area contributed by atoms with Gasteiger partial charge < -0.3 is 20.3 Å². The highest BCUT2D eigenvalue weighted by Gasteiger charge is 2.04. The molecule has 0 atom stereocenters. The lowest BCUT2D eigenvalue weighted by atomic mass is 10.3. The van der Waals surface area contributed by atoms with Crippen molar-refractivity contribution in [2.24, 2.45) is 4.99 Å². The second-order valence-corrected chi connectivity index (χ2v) is 6.49. The molecule has 2 heterocycles. The number of fused-ring (bicyclic) bond motifs is 1. The maximum absolute atomic E-state index is 5.09. The van der Waals surface area contributed by atoms with Crippen LogP contribution in [0.15, 0.2) is 29.4 Å². The number of aromatic nitrogens is 3. The number of methoxy groups -OCH3 is 1. The van der Waals surface area contributed by atoms with Crippen molar-refractivity contribution in [2.45, 2.75) is 26.2 Å². The van der Waals surface area contributed by atoms with E-state index in [0.29, 0.717) is 0 Å². The Labute approximate surface area is 185 Å². The van der Waals surface area contributed by atoms with E-state index in [2.05, 4.69) is 44.7 Å². The summed E-state index contributed by atoms with van der Waals surface area (Å²) in [5.41, 5.74) is 0.889. The quantitative estimate of drug-likeness (QED) is 0.199. The van der Waals surface area contributed by atoms with Gasteiger partial charge in [0.15, 0.2) is 11.6 Å². The molecule has 8 nitrogen and oxygen atoms in total. The van der Waals surface area contributed by atoms with Crippen LogP contribution in [0.5, 0.6) is 0 Å². The van der Waals surface area contributed by atoms with Crippen molar-refractivity contribution in [1.29, 1.82) is 0 Å². The molecular formula is C19H34IN7O. The molecule has 2 rings (SSSR count). The highest BCUT2D eigenvalue weighted by Crippen LogP contribution is 2.05. The third kappa shape index (κ3) is 8.70. The number of guanidine groups is 1. The molecule has 28 heavy (non-hydrogen) atoms. The molecule has 0 aromatic carbocycles. The molecule has 0 amide bonds. The molecule has 0 fully saturated rings. The summed E-state index contributed by atoms with van der Waals surface area (Å²) in [4.78, 5) is 6.96. The summed E-state index contributed by atoms with van der Waals surface area (Å²) in [5, 5.41) is 15.1. The van der Waals surface area contributed by atoms with Crippen LogP contribution >= 0.6 is 24.0 Å². The minimum atomic E-state index is 0. The van der Waals surface area contributed by atoms with Crippen molar-refractivity contribution in [3.05, 3.63) is 30.2 Å². The molecule has 0 unspecified atom stereocenters. The van der Waals surface area contributed by atoms with Gasteiger partial charge in [-0.3, -0.25) is 9.39 Å². The Morgan fingerprint density at radius 1 is 1.21 bits per heavy atom. The van der Waals surface area contributed by atoms with Crippen LogP contribution in [-0.2, 0) is 11.2 Å². The SMILES string of the molecule is CCNC(=NCCCc1nnc2ccccn12)NCCN(C)CCCOC.I. The van der Waals surface area contributed by atoms with Gasteiger partial charge in [-0.25, -0.2) is 0 Å². The number of hydrogen-bond acceptors (Lipinski definition) is 5. The van der Waals surface area contributed by atoms with Crippen molar-refractivity contribution in [1.82, 2.24) is 30.1 Å². The number of ether oxygens (including phenoxy) is 1. The Morgan fingerprint density at radius 2 is 2.07 bits per heavy atom. The molecule has 0 aliphatic heterocycles. The van der Waals surface area contributed by atoms with Crippen molar-refractivity contribution in [2.75, 3.05) is 53.5 Å². The Bertz CT molecular complexity index is 692. The fourth-order valence-corrected chi connectivity index (χ4v) is 2.79. The standard InChI is InChI=1S/C19H33N7O.HI/c1-4-20-19(22-12-15-25(2)13-8-16-27-3)21-11-7-10-18-24-23-17-9-5-6-14-26(17)18;/h5-6,9,14H,4,7-8,10-13,15-16H2,1-3H3,(H2,20,21,22);1H. The number of nitrogens with one attached hydrogen (secondary N) is 2. The van der Waals surface area contributed by atoms with Crippen LogP contribution in [0, 0.1) is 0 Å². The van der Waals surface area contributed by atoms with Crippen LogP contribution in [0.25, 0.3) is 5.65 Å². The summed E-state index contributed by atoms with van der Waals surface area (Å²) in [6.07, 6.45) is 4.85. The second-order valence-electron chi connectivity index (χ2n) is 6.49. The highest BCUT2D eigenvalue weighted by atomic mass is 127. The van der Waals surface area contributed by atoms with E-state index in [4.69, 9.17) is 4.74 Å². The Balaban J connectivity index is 0.00000392. The van der Waals surface area contributed by atoms with E-state index in [-0.39, 0.29) is 24.0 Å². The number of aliphatic imine (C=N–C) groups is 1. The van der Waals surface area contributed by atoms with E-state index in [0.717, 1.165) is 76.0 Å². The summed E-state index contributed by atoms with van der Waals surface area (Å²) >= 11 is 0. The number of nitrogens with zero attached hydrogens (tertiary/aromatic N) is 5. The number of hydrogen-bond donors (Lipinski definition) is 2. The van der Waals surface area contributed by atoms with Crippen LogP contribution in [0.3, 0.4) is 0 Å². The third-order valence-electron chi connectivity index (χ3n) is 4.23. The smallest absolute Gasteiger partial charge is 0.191 e. The normalized spacial score (nSPS) is 11.6. The summed E-state index contributed by atoms with van der Waals surface area (Å²) in [6, 6.07) is 5.94. The first kappa shape index (κ1) is 24.6. The minimum absolute atomic E-state index is 0. The monoisotopic (exact) mass is 503 g/mol. The molecule has 0 saturated carbocycles. The van der Waals surface area contributed by atoms with Gasteiger partial charge in [0.1, 0.15) is 5.82 Å². The number of aryl methyl sites for hydroxylation is 1. The predicted octanol–water partition coefficient (Wildman–Crippen LogP) is 1.80. The first-order valence-corrected chi connectivity index (χ1v) is 9.73. The molecule has 2 aromatic heterocycles. The average molecular weight is 503 g/mol. The zero-order chi connectivity index (χ0) is 19.3. The van der Waals surface area contributed by atoms with E-state index >= 15 is 0 Å². The molecule has 0 spiro atoms. The fourth-order valence-electron chi connectivity index (χ4n) is 2.79. The van der Waals surface area contributed by atoms with Crippen molar-refractivity contribution < 1.29 is 4.74 Å². The fraction of sp³-hybridized carbons (Fsp3) is 0.632. The van der Waals surface area contributed by atoms with E-state index in [9.17, 15) is 0 Å². The summed E-state index contributed by atoms with van der Waals surface area (Å²) in [6.45, 7) is 7.37. The maximum atomic E-state index is 5.09. The second kappa shape index (κ2) is 14.5. The number of likely N-dealkylation sites (N-methyl/N-ethyl adjacent to an activating group) is 1. The van der Waals surface area contributed by atoms with Crippen LogP contribution in [0.4, 0.5) is 0 Å². The summed E-state index contributed by atoms with van der Waals surface area (Å²) in [7, 11) is 3.87. The zero-order valence-electron chi connectivity index (χ0n) is 17.2. The van der Waals surface area contributed by atoms with Crippen LogP contribution in [0.1, 0.15) is 25.6 Å². The van der Waals surface area contributed by atoms with Gasteiger partial charge in [0.2, 0.25) is 0 Å². The average Bonchev–Trinajstić information content (AvgIpc) is 3.08. The van der Waals surface area contributed by atoms with E-state index in [1.165, 1.54) is 0 Å². The van der Waals surface area contributed by atoms with Crippen molar-refractivity contribution >= 4 is 35.6 Å². The predicted molar refractivity (Wildman–Crippen MR) is 125 cm³/mol. The molecular weight excluding hydrogens is 469 g/mol. The topological polar surface area (TPSA) is 79.1 Å². The van der Waals surface area contributed by atoms with Gasteiger partial charge in [0, 0.05) is 59.1 Å². The largest absolute Gasteiger partial charge is 0.385 e. The molecule has 2 aromatic rings. The lowest BCUT2D eigenvalue weighted by Crippen LogP contribution is -2.41. The van der Waals surface area contributed by atoms with Gasteiger partial charge in [-0.05, 0) is 38.9 Å². The van der Waals surface area contributed by atoms with Gasteiger partial charge in [-0.1, -0.05) is 6.07 Å². The zero-order valence-corrected chi connectivity index (χ0v) is 19.6. The summed E-state index contributed by atoms with van der Waals surface area (Å²) in [5.74, 6) is 1.85.